The van der Waals surface area contributed by atoms with Gasteiger partial charge in [0.2, 0.25) is 5.91 Å². The Labute approximate surface area is 151 Å². The Morgan fingerprint density at radius 1 is 1.04 bits per heavy atom. The third kappa shape index (κ3) is 4.00. The number of rotatable bonds is 3. The molecule has 2 aliphatic heterocycles. The number of amides is 1. The molecule has 1 amide bonds. The van der Waals surface area contributed by atoms with Crippen molar-refractivity contribution in [3.63, 3.8) is 0 Å². The maximum Gasteiger partial charge on any atom is 0.226 e. The van der Waals surface area contributed by atoms with Gasteiger partial charge in [0, 0.05) is 24.6 Å². The van der Waals surface area contributed by atoms with Gasteiger partial charge in [-0.25, -0.2) is 0 Å². The minimum Gasteiger partial charge on any atom is -0.491 e. The molecule has 1 aliphatic carbocycles. The first-order chi connectivity index (χ1) is 12.3. The van der Waals surface area contributed by atoms with E-state index in [4.69, 9.17) is 4.74 Å². The highest BCUT2D eigenvalue weighted by Crippen LogP contribution is 2.31. The summed E-state index contributed by atoms with van der Waals surface area (Å²) >= 11 is 0. The topological polar surface area (TPSA) is 32.8 Å². The van der Waals surface area contributed by atoms with Gasteiger partial charge in [-0.1, -0.05) is 25.3 Å². The van der Waals surface area contributed by atoms with E-state index in [1.807, 2.05) is 4.90 Å². The van der Waals surface area contributed by atoms with Crippen LogP contribution >= 0.6 is 0 Å². The third-order valence-electron chi connectivity index (χ3n) is 5.98. The summed E-state index contributed by atoms with van der Waals surface area (Å²) in [6.07, 6.45) is 8.71. The summed E-state index contributed by atoms with van der Waals surface area (Å²) in [5.41, 5.74) is 2.53. The molecule has 0 N–H and O–H groups in total. The highest BCUT2D eigenvalue weighted by molar-refractivity contribution is 5.79. The predicted octanol–water partition coefficient (Wildman–Crippen LogP) is 3.58. The van der Waals surface area contributed by atoms with Crippen LogP contribution < -0.4 is 4.74 Å². The standard InChI is InChI=1S/C21H30N2O2/c24-21(18-6-5-7-18)23-12-13-25-20-9-8-17(14-19(20)16-23)15-22-10-3-1-2-4-11-22/h8-9,14,18H,1-7,10-13,15-16H2. The van der Waals surface area contributed by atoms with Gasteiger partial charge in [0.25, 0.3) is 0 Å². The van der Waals surface area contributed by atoms with Crippen LogP contribution in [0.15, 0.2) is 18.2 Å². The Morgan fingerprint density at radius 3 is 2.56 bits per heavy atom. The van der Waals surface area contributed by atoms with Crippen molar-refractivity contribution >= 4 is 5.91 Å². The Hall–Kier alpha value is -1.55. The van der Waals surface area contributed by atoms with Crippen LogP contribution in [0.2, 0.25) is 0 Å². The van der Waals surface area contributed by atoms with Gasteiger partial charge in [-0.15, -0.1) is 0 Å². The van der Waals surface area contributed by atoms with E-state index in [-0.39, 0.29) is 5.92 Å². The first-order valence-corrected chi connectivity index (χ1v) is 10.1. The first-order valence-electron chi connectivity index (χ1n) is 10.1. The molecule has 2 heterocycles. The lowest BCUT2D eigenvalue weighted by Gasteiger charge is -2.30. The molecule has 1 saturated carbocycles. The lowest BCUT2D eigenvalue weighted by molar-refractivity contribution is -0.138. The number of ether oxygens (including phenoxy) is 1. The number of hydrogen-bond acceptors (Lipinski definition) is 3. The van der Waals surface area contributed by atoms with Gasteiger partial charge in [-0.3, -0.25) is 9.69 Å². The Morgan fingerprint density at radius 2 is 1.84 bits per heavy atom. The first kappa shape index (κ1) is 16.9. The number of benzene rings is 1. The molecule has 4 nitrogen and oxygen atoms in total. The fourth-order valence-electron chi connectivity index (χ4n) is 4.20. The number of carbonyl (C=O) groups excluding carboxylic acids is 1. The number of hydrogen-bond donors (Lipinski definition) is 0. The van der Waals surface area contributed by atoms with Crippen molar-refractivity contribution in [3.8, 4) is 5.75 Å². The molecule has 3 aliphatic rings. The van der Waals surface area contributed by atoms with Gasteiger partial charge in [0.15, 0.2) is 0 Å². The van der Waals surface area contributed by atoms with E-state index in [2.05, 4.69) is 23.1 Å². The maximum atomic E-state index is 12.6. The van der Waals surface area contributed by atoms with E-state index >= 15 is 0 Å². The van der Waals surface area contributed by atoms with Crippen LogP contribution in [-0.2, 0) is 17.9 Å². The van der Waals surface area contributed by atoms with Crippen LogP contribution in [0, 0.1) is 5.92 Å². The minimum atomic E-state index is 0.266. The molecule has 0 bridgehead atoms. The SMILES string of the molecule is O=C(C1CCC1)N1CCOc2ccc(CN3CCCCCC3)cc2C1. The second kappa shape index (κ2) is 7.77. The van der Waals surface area contributed by atoms with Crippen LogP contribution in [0.3, 0.4) is 0 Å². The summed E-state index contributed by atoms with van der Waals surface area (Å²) in [7, 11) is 0. The molecule has 0 unspecified atom stereocenters. The van der Waals surface area contributed by atoms with Crippen molar-refractivity contribution in [3.05, 3.63) is 29.3 Å². The zero-order chi connectivity index (χ0) is 17.1. The van der Waals surface area contributed by atoms with E-state index in [1.54, 1.807) is 0 Å². The van der Waals surface area contributed by atoms with E-state index in [1.165, 1.54) is 56.3 Å². The summed E-state index contributed by atoms with van der Waals surface area (Å²) in [5, 5.41) is 0. The summed E-state index contributed by atoms with van der Waals surface area (Å²) in [6, 6.07) is 6.58. The number of likely N-dealkylation sites (tertiary alicyclic amines) is 1. The monoisotopic (exact) mass is 342 g/mol. The number of nitrogens with zero attached hydrogens (tertiary/aromatic N) is 2. The van der Waals surface area contributed by atoms with E-state index < -0.39 is 0 Å². The molecule has 4 rings (SSSR count). The third-order valence-corrected chi connectivity index (χ3v) is 5.98. The summed E-state index contributed by atoms with van der Waals surface area (Å²) < 4.78 is 5.92. The quantitative estimate of drug-likeness (QED) is 0.842. The average Bonchev–Trinajstić information content (AvgIpc) is 2.93. The molecule has 0 atom stereocenters. The van der Waals surface area contributed by atoms with Gasteiger partial charge < -0.3 is 9.64 Å². The van der Waals surface area contributed by atoms with Crippen molar-refractivity contribution in [2.45, 2.75) is 58.0 Å². The van der Waals surface area contributed by atoms with Crippen molar-refractivity contribution in [1.29, 1.82) is 0 Å². The van der Waals surface area contributed by atoms with Gasteiger partial charge in [0.05, 0.1) is 6.54 Å². The Kier molecular flexibility index (Phi) is 5.25. The fraction of sp³-hybridized carbons (Fsp3) is 0.667. The molecule has 4 heteroatoms. The number of fused-ring (bicyclic) bond motifs is 1. The van der Waals surface area contributed by atoms with Crippen molar-refractivity contribution in [2.75, 3.05) is 26.2 Å². The maximum absolute atomic E-state index is 12.6. The van der Waals surface area contributed by atoms with Crippen molar-refractivity contribution in [1.82, 2.24) is 9.80 Å². The molecule has 25 heavy (non-hydrogen) atoms. The largest absolute Gasteiger partial charge is 0.491 e. The molecule has 0 aromatic heterocycles. The molecule has 2 fully saturated rings. The summed E-state index contributed by atoms with van der Waals surface area (Å²) in [5.74, 6) is 1.56. The molecule has 0 radical (unpaired) electrons. The lowest BCUT2D eigenvalue weighted by atomic mass is 9.84. The highest BCUT2D eigenvalue weighted by atomic mass is 16.5. The predicted molar refractivity (Wildman–Crippen MR) is 98.4 cm³/mol. The second-order valence-electron chi connectivity index (χ2n) is 7.87. The second-order valence-corrected chi connectivity index (χ2v) is 7.87. The number of carbonyl (C=O) groups is 1. The van der Waals surface area contributed by atoms with E-state index in [0.29, 0.717) is 25.6 Å². The molecule has 0 spiro atoms. The fourth-order valence-corrected chi connectivity index (χ4v) is 4.20. The lowest BCUT2D eigenvalue weighted by Crippen LogP contribution is -2.39. The summed E-state index contributed by atoms with van der Waals surface area (Å²) in [4.78, 5) is 17.2. The highest BCUT2D eigenvalue weighted by Gasteiger charge is 2.30. The average molecular weight is 342 g/mol. The zero-order valence-electron chi connectivity index (χ0n) is 15.2. The zero-order valence-corrected chi connectivity index (χ0v) is 15.2. The van der Waals surface area contributed by atoms with E-state index in [0.717, 1.165) is 25.1 Å². The summed E-state index contributed by atoms with van der Waals surface area (Å²) in [6.45, 7) is 5.46. The van der Waals surface area contributed by atoms with Gasteiger partial charge in [-0.2, -0.15) is 0 Å². The molecular weight excluding hydrogens is 312 g/mol. The smallest absolute Gasteiger partial charge is 0.226 e. The van der Waals surface area contributed by atoms with Crippen molar-refractivity contribution < 1.29 is 9.53 Å². The van der Waals surface area contributed by atoms with Crippen molar-refractivity contribution in [2.24, 2.45) is 5.92 Å². The minimum absolute atomic E-state index is 0.266. The Bertz CT molecular complexity index is 604. The van der Waals surface area contributed by atoms with Crippen LogP contribution in [0.25, 0.3) is 0 Å². The van der Waals surface area contributed by atoms with Crippen LogP contribution in [-0.4, -0.2) is 41.9 Å². The van der Waals surface area contributed by atoms with Gasteiger partial charge in [0.1, 0.15) is 12.4 Å². The van der Waals surface area contributed by atoms with Crippen LogP contribution in [0.5, 0.6) is 5.75 Å². The molecular formula is C21H30N2O2. The molecule has 136 valence electrons. The van der Waals surface area contributed by atoms with Crippen LogP contribution in [0.4, 0.5) is 0 Å². The van der Waals surface area contributed by atoms with Gasteiger partial charge >= 0.3 is 0 Å². The molecule has 1 saturated heterocycles. The Balaban J connectivity index is 1.46. The molecule has 1 aromatic rings. The normalized spacial score (nSPS) is 22.3. The van der Waals surface area contributed by atoms with E-state index in [9.17, 15) is 4.79 Å². The molecule has 1 aromatic carbocycles. The van der Waals surface area contributed by atoms with Crippen LogP contribution in [0.1, 0.15) is 56.1 Å². The van der Waals surface area contributed by atoms with Gasteiger partial charge in [-0.05, 0) is 56.5 Å².